The van der Waals surface area contributed by atoms with Crippen molar-refractivity contribution in [3.63, 3.8) is 0 Å². The highest BCUT2D eigenvalue weighted by Gasteiger charge is 2.21. The fraction of sp³-hybridized carbons (Fsp3) is 0.217. The van der Waals surface area contributed by atoms with E-state index in [1.165, 1.54) is 0 Å². The van der Waals surface area contributed by atoms with Gasteiger partial charge in [-0.15, -0.1) is 11.3 Å². The molecule has 2 heterocycles. The Morgan fingerprint density at radius 2 is 2.00 bits per heavy atom. The molecule has 4 rings (SSSR count). The van der Waals surface area contributed by atoms with E-state index in [4.69, 9.17) is 4.42 Å². The zero-order chi connectivity index (χ0) is 21.3. The van der Waals surface area contributed by atoms with Crippen LogP contribution in [0.4, 0.5) is 11.4 Å². The number of nitrogens with one attached hydrogen (secondary N) is 1. The Hall–Kier alpha value is -2.77. The van der Waals surface area contributed by atoms with Gasteiger partial charge in [0.1, 0.15) is 9.92 Å². The van der Waals surface area contributed by atoms with Crippen molar-refractivity contribution in [2.24, 2.45) is 0 Å². The van der Waals surface area contributed by atoms with Crippen molar-refractivity contribution in [3.8, 4) is 0 Å². The first-order valence-corrected chi connectivity index (χ1v) is 11.4. The lowest BCUT2D eigenvalue weighted by Gasteiger charge is -2.15. The number of benzene rings is 2. The lowest BCUT2D eigenvalue weighted by molar-refractivity contribution is 0.0997. The molecule has 0 saturated carbocycles. The molecule has 0 radical (unpaired) electrons. The molecule has 30 heavy (non-hydrogen) atoms. The van der Waals surface area contributed by atoms with Gasteiger partial charge in [-0.3, -0.25) is 4.79 Å². The number of para-hydroxylation sites is 1. The Morgan fingerprint density at radius 3 is 2.70 bits per heavy atom. The first-order valence-electron chi connectivity index (χ1n) is 9.57. The molecule has 1 amide bonds. The number of amides is 1. The SMILES string of the molecule is Cc1csc(SCc2c(C(=O)Nc3ccc(N(C)C)cc3C)oc3ccccc23)n1. The van der Waals surface area contributed by atoms with Crippen LogP contribution >= 0.6 is 23.1 Å². The first kappa shape index (κ1) is 20.5. The summed E-state index contributed by atoms with van der Waals surface area (Å²) in [5.41, 5.74) is 5.48. The molecule has 5 nitrogen and oxygen atoms in total. The third kappa shape index (κ3) is 4.22. The standard InChI is InChI=1S/C23H23N3O2S2/c1-14-11-16(26(3)4)9-10-19(14)25-22(27)21-18(13-30-23-24-15(2)12-29-23)17-7-5-6-8-20(17)28-21/h5-12H,13H2,1-4H3,(H,25,27). The number of fused-ring (bicyclic) bond motifs is 1. The third-order valence-electron chi connectivity index (χ3n) is 4.82. The highest BCUT2D eigenvalue weighted by molar-refractivity contribution is 8.00. The van der Waals surface area contributed by atoms with E-state index >= 15 is 0 Å². The van der Waals surface area contributed by atoms with Crippen molar-refractivity contribution in [1.82, 2.24) is 4.98 Å². The van der Waals surface area contributed by atoms with Crippen LogP contribution in [0.3, 0.4) is 0 Å². The van der Waals surface area contributed by atoms with Gasteiger partial charge >= 0.3 is 0 Å². The second-order valence-corrected chi connectivity index (χ2v) is 9.38. The van der Waals surface area contributed by atoms with Crippen molar-refractivity contribution in [3.05, 3.63) is 70.4 Å². The fourth-order valence-corrected chi connectivity index (χ4v) is 5.08. The lowest BCUT2D eigenvalue weighted by Crippen LogP contribution is -2.14. The molecule has 1 N–H and O–H groups in total. The van der Waals surface area contributed by atoms with Gasteiger partial charge in [0.05, 0.1) is 0 Å². The summed E-state index contributed by atoms with van der Waals surface area (Å²) >= 11 is 3.24. The Balaban J connectivity index is 1.63. The van der Waals surface area contributed by atoms with E-state index in [0.717, 1.165) is 37.9 Å². The highest BCUT2D eigenvalue weighted by atomic mass is 32.2. The van der Waals surface area contributed by atoms with Crippen LogP contribution in [-0.4, -0.2) is 25.0 Å². The zero-order valence-corrected chi connectivity index (χ0v) is 19.0. The summed E-state index contributed by atoms with van der Waals surface area (Å²) in [7, 11) is 3.99. The topological polar surface area (TPSA) is 58.4 Å². The predicted octanol–water partition coefficient (Wildman–Crippen LogP) is 6.12. The van der Waals surface area contributed by atoms with Gasteiger partial charge in [0, 0.05) is 53.2 Å². The Labute approximate surface area is 184 Å². The van der Waals surface area contributed by atoms with Gasteiger partial charge in [0.2, 0.25) is 0 Å². The summed E-state index contributed by atoms with van der Waals surface area (Å²) in [6, 6.07) is 13.7. The maximum absolute atomic E-state index is 13.2. The lowest BCUT2D eigenvalue weighted by atomic mass is 10.1. The molecule has 0 aliphatic carbocycles. The van der Waals surface area contributed by atoms with E-state index in [2.05, 4.69) is 16.4 Å². The van der Waals surface area contributed by atoms with Crippen LogP contribution < -0.4 is 10.2 Å². The highest BCUT2D eigenvalue weighted by Crippen LogP contribution is 2.34. The molecule has 0 aliphatic rings. The van der Waals surface area contributed by atoms with E-state index in [0.29, 0.717) is 17.1 Å². The van der Waals surface area contributed by atoms with Crippen LogP contribution in [-0.2, 0) is 5.75 Å². The number of rotatable bonds is 6. The molecule has 0 fully saturated rings. The number of thioether (sulfide) groups is 1. The van der Waals surface area contributed by atoms with Crippen LogP contribution in [0.15, 0.2) is 56.6 Å². The minimum absolute atomic E-state index is 0.238. The fourth-order valence-electron chi connectivity index (χ4n) is 3.20. The second kappa shape index (κ2) is 8.53. The Bertz CT molecular complexity index is 1210. The molecular formula is C23H23N3O2S2. The zero-order valence-electron chi connectivity index (χ0n) is 17.4. The van der Waals surface area contributed by atoms with Crippen LogP contribution in [0, 0.1) is 13.8 Å². The monoisotopic (exact) mass is 437 g/mol. The number of carbonyl (C=O) groups excluding carboxylic acids is 1. The van der Waals surface area contributed by atoms with Gasteiger partial charge in [-0.25, -0.2) is 4.98 Å². The van der Waals surface area contributed by atoms with Crippen molar-refractivity contribution >= 4 is 51.3 Å². The van der Waals surface area contributed by atoms with Gasteiger partial charge in [0.15, 0.2) is 5.76 Å². The number of hydrogen-bond donors (Lipinski definition) is 1. The summed E-state index contributed by atoms with van der Waals surface area (Å²) in [6.45, 7) is 3.97. The van der Waals surface area contributed by atoms with Crippen LogP contribution in [0.25, 0.3) is 11.0 Å². The smallest absolute Gasteiger partial charge is 0.291 e. The number of carbonyl (C=O) groups is 1. The Kier molecular flexibility index (Phi) is 5.83. The van der Waals surface area contributed by atoms with Crippen molar-refractivity contribution < 1.29 is 9.21 Å². The molecule has 7 heteroatoms. The van der Waals surface area contributed by atoms with E-state index in [1.54, 1.807) is 23.1 Å². The minimum atomic E-state index is -0.238. The van der Waals surface area contributed by atoms with Crippen molar-refractivity contribution in [2.45, 2.75) is 23.9 Å². The number of thiazole rings is 1. The second-order valence-electron chi connectivity index (χ2n) is 7.30. The molecule has 2 aromatic heterocycles. The molecule has 2 aromatic carbocycles. The molecule has 0 spiro atoms. The van der Waals surface area contributed by atoms with Crippen LogP contribution in [0.1, 0.15) is 27.4 Å². The molecular weight excluding hydrogens is 414 g/mol. The van der Waals surface area contributed by atoms with E-state index < -0.39 is 0 Å². The average Bonchev–Trinajstić information content (AvgIpc) is 3.31. The number of hydrogen-bond acceptors (Lipinski definition) is 6. The van der Waals surface area contributed by atoms with E-state index in [9.17, 15) is 4.79 Å². The quantitative estimate of drug-likeness (QED) is 0.368. The third-order valence-corrected chi connectivity index (χ3v) is 6.98. The molecule has 154 valence electrons. The molecule has 0 unspecified atom stereocenters. The Morgan fingerprint density at radius 1 is 1.20 bits per heavy atom. The molecule has 0 bridgehead atoms. The van der Waals surface area contributed by atoms with Gasteiger partial charge < -0.3 is 14.6 Å². The number of furan rings is 1. The molecule has 4 aromatic rings. The predicted molar refractivity (Wildman–Crippen MR) is 126 cm³/mol. The van der Waals surface area contributed by atoms with Gasteiger partial charge in [-0.1, -0.05) is 30.0 Å². The van der Waals surface area contributed by atoms with Gasteiger partial charge in [0.25, 0.3) is 5.91 Å². The molecule has 0 atom stereocenters. The number of nitrogens with zero attached hydrogens (tertiary/aromatic N) is 2. The summed E-state index contributed by atoms with van der Waals surface area (Å²) < 4.78 is 6.96. The number of anilines is 2. The van der Waals surface area contributed by atoms with Crippen LogP contribution in [0.2, 0.25) is 0 Å². The summed E-state index contributed by atoms with van der Waals surface area (Å²) in [4.78, 5) is 19.7. The minimum Gasteiger partial charge on any atom is -0.451 e. The normalized spacial score (nSPS) is 11.1. The number of aryl methyl sites for hydroxylation is 2. The van der Waals surface area contributed by atoms with Crippen molar-refractivity contribution in [1.29, 1.82) is 0 Å². The largest absolute Gasteiger partial charge is 0.451 e. The van der Waals surface area contributed by atoms with Crippen molar-refractivity contribution in [2.75, 3.05) is 24.3 Å². The molecule has 0 saturated heterocycles. The van der Waals surface area contributed by atoms with E-state index in [-0.39, 0.29) is 5.91 Å². The average molecular weight is 438 g/mol. The van der Waals surface area contributed by atoms with E-state index in [1.807, 2.05) is 74.6 Å². The van der Waals surface area contributed by atoms with Gasteiger partial charge in [-0.05, 0) is 43.7 Å². The maximum atomic E-state index is 13.2. The summed E-state index contributed by atoms with van der Waals surface area (Å²) in [6.07, 6.45) is 0. The van der Waals surface area contributed by atoms with Gasteiger partial charge in [-0.2, -0.15) is 0 Å². The number of aromatic nitrogens is 1. The maximum Gasteiger partial charge on any atom is 0.291 e. The summed E-state index contributed by atoms with van der Waals surface area (Å²) in [5.74, 6) is 0.733. The summed E-state index contributed by atoms with van der Waals surface area (Å²) in [5, 5.41) is 6.02. The van der Waals surface area contributed by atoms with Crippen LogP contribution in [0.5, 0.6) is 0 Å². The first-order chi connectivity index (χ1) is 14.4. The molecule has 0 aliphatic heterocycles.